The van der Waals surface area contributed by atoms with E-state index < -0.39 is 0 Å². The Kier molecular flexibility index (Phi) is 4.77. The highest BCUT2D eigenvalue weighted by molar-refractivity contribution is 4.92. The largest absolute Gasteiger partial charge is 0.379 e. The Morgan fingerprint density at radius 2 is 2.06 bits per heavy atom. The molecule has 16 heavy (non-hydrogen) atoms. The topological polar surface area (TPSA) is 38.5 Å². The number of rotatable bonds is 5. The molecular weight excluding hydrogens is 200 g/mol. The summed E-state index contributed by atoms with van der Waals surface area (Å²) in [6.45, 7) is 11.6. The molecule has 1 aliphatic heterocycles. The second-order valence-electron chi connectivity index (χ2n) is 6.17. The van der Waals surface area contributed by atoms with E-state index in [0.717, 1.165) is 19.1 Å². The van der Waals surface area contributed by atoms with Gasteiger partial charge >= 0.3 is 0 Å². The maximum Gasteiger partial charge on any atom is 0.0624 e. The molecule has 3 unspecified atom stereocenters. The molecule has 1 aliphatic rings. The van der Waals surface area contributed by atoms with Crippen molar-refractivity contribution in [2.75, 3.05) is 26.8 Å². The van der Waals surface area contributed by atoms with Gasteiger partial charge in [0.25, 0.3) is 0 Å². The molecule has 3 heteroatoms. The fourth-order valence-corrected chi connectivity index (χ4v) is 2.48. The Morgan fingerprint density at radius 3 is 2.50 bits per heavy atom. The molecule has 96 valence electrons. The Morgan fingerprint density at radius 1 is 1.44 bits per heavy atom. The summed E-state index contributed by atoms with van der Waals surface area (Å²) in [5, 5.41) is 0. The molecule has 0 aromatic rings. The summed E-state index contributed by atoms with van der Waals surface area (Å²) in [4.78, 5) is 2.43. The van der Waals surface area contributed by atoms with Crippen LogP contribution >= 0.6 is 0 Å². The third-order valence-electron chi connectivity index (χ3n) is 3.80. The van der Waals surface area contributed by atoms with Crippen LogP contribution in [-0.2, 0) is 4.74 Å². The Balaban J connectivity index is 2.46. The quantitative estimate of drug-likeness (QED) is 0.778. The van der Waals surface area contributed by atoms with E-state index in [-0.39, 0.29) is 11.5 Å². The molecule has 1 fully saturated rings. The average Bonchev–Trinajstić information content (AvgIpc) is 2.45. The minimum absolute atomic E-state index is 0.125. The van der Waals surface area contributed by atoms with Crippen LogP contribution in [-0.4, -0.2) is 43.8 Å². The van der Waals surface area contributed by atoms with E-state index in [1.807, 2.05) is 0 Å². The molecular formula is C13H28N2O. The molecule has 1 heterocycles. The monoisotopic (exact) mass is 228 g/mol. The van der Waals surface area contributed by atoms with Gasteiger partial charge in [-0.25, -0.2) is 0 Å². The van der Waals surface area contributed by atoms with Crippen molar-refractivity contribution in [2.24, 2.45) is 17.1 Å². The Labute approximate surface area is 100 Å². The van der Waals surface area contributed by atoms with Crippen LogP contribution in [0.4, 0.5) is 0 Å². The minimum atomic E-state index is 0.125. The summed E-state index contributed by atoms with van der Waals surface area (Å²) in [7, 11) is 2.20. The Hall–Kier alpha value is -0.120. The van der Waals surface area contributed by atoms with Gasteiger partial charge in [-0.3, -0.25) is 0 Å². The molecule has 3 atom stereocenters. The molecule has 0 aliphatic carbocycles. The van der Waals surface area contributed by atoms with Crippen LogP contribution in [0.2, 0.25) is 0 Å². The number of nitrogens with two attached hydrogens (primary N) is 1. The number of hydrogen-bond donors (Lipinski definition) is 1. The van der Waals surface area contributed by atoms with E-state index in [1.165, 1.54) is 6.42 Å². The summed E-state index contributed by atoms with van der Waals surface area (Å²) in [5.41, 5.74) is 6.24. The summed E-state index contributed by atoms with van der Waals surface area (Å²) < 4.78 is 5.48. The maximum absolute atomic E-state index is 6.11. The minimum Gasteiger partial charge on any atom is -0.379 e. The van der Waals surface area contributed by atoms with Crippen LogP contribution in [0.5, 0.6) is 0 Å². The van der Waals surface area contributed by atoms with Gasteiger partial charge in [-0.15, -0.1) is 0 Å². The van der Waals surface area contributed by atoms with Gasteiger partial charge in [0.15, 0.2) is 0 Å². The molecule has 0 amide bonds. The third-order valence-corrected chi connectivity index (χ3v) is 3.80. The SMILES string of the molecule is CC(C)CC(C)N(C)CC1(C)COCC1N. The van der Waals surface area contributed by atoms with Gasteiger partial charge in [-0.1, -0.05) is 20.8 Å². The van der Waals surface area contributed by atoms with Gasteiger partial charge < -0.3 is 15.4 Å². The zero-order chi connectivity index (χ0) is 12.3. The molecule has 0 radical (unpaired) electrons. The van der Waals surface area contributed by atoms with Crippen LogP contribution in [0.1, 0.15) is 34.1 Å². The predicted octanol–water partition coefficient (Wildman–Crippen LogP) is 1.72. The first kappa shape index (κ1) is 13.9. The van der Waals surface area contributed by atoms with Crippen molar-refractivity contribution in [3.8, 4) is 0 Å². The first-order valence-electron chi connectivity index (χ1n) is 6.38. The normalized spacial score (nSPS) is 32.6. The average molecular weight is 228 g/mol. The van der Waals surface area contributed by atoms with Crippen molar-refractivity contribution >= 4 is 0 Å². The first-order chi connectivity index (χ1) is 7.35. The summed E-state index contributed by atoms with van der Waals surface area (Å²) >= 11 is 0. The molecule has 1 saturated heterocycles. The lowest BCUT2D eigenvalue weighted by atomic mass is 9.85. The lowest BCUT2D eigenvalue weighted by molar-refractivity contribution is 0.109. The van der Waals surface area contributed by atoms with Crippen LogP contribution in [0.3, 0.4) is 0 Å². The zero-order valence-corrected chi connectivity index (χ0v) is 11.5. The van der Waals surface area contributed by atoms with Crippen LogP contribution in [0.25, 0.3) is 0 Å². The van der Waals surface area contributed by atoms with Gasteiger partial charge in [0.05, 0.1) is 13.2 Å². The first-order valence-corrected chi connectivity index (χ1v) is 6.38. The van der Waals surface area contributed by atoms with Gasteiger partial charge in [0.1, 0.15) is 0 Å². The summed E-state index contributed by atoms with van der Waals surface area (Å²) in [5.74, 6) is 0.749. The molecule has 0 aromatic heterocycles. The fourth-order valence-electron chi connectivity index (χ4n) is 2.48. The molecule has 1 rings (SSSR count). The van der Waals surface area contributed by atoms with E-state index in [9.17, 15) is 0 Å². The second-order valence-corrected chi connectivity index (χ2v) is 6.17. The van der Waals surface area contributed by atoms with E-state index >= 15 is 0 Å². The molecule has 0 aromatic carbocycles. The fraction of sp³-hybridized carbons (Fsp3) is 1.00. The molecule has 2 N–H and O–H groups in total. The van der Waals surface area contributed by atoms with Gasteiger partial charge in [-0.2, -0.15) is 0 Å². The van der Waals surface area contributed by atoms with Gasteiger partial charge in [0.2, 0.25) is 0 Å². The van der Waals surface area contributed by atoms with Crippen LogP contribution < -0.4 is 5.73 Å². The van der Waals surface area contributed by atoms with Crippen molar-refractivity contribution in [3.05, 3.63) is 0 Å². The molecule has 0 bridgehead atoms. The van der Waals surface area contributed by atoms with Crippen molar-refractivity contribution in [2.45, 2.75) is 46.2 Å². The van der Waals surface area contributed by atoms with Gasteiger partial charge in [0, 0.05) is 24.0 Å². The highest BCUT2D eigenvalue weighted by Gasteiger charge is 2.38. The lowest BCUT2D eigenvalue weighted by Gasteiger charge is -2.35. The molecule has 0 saturated carbocycles. The van der Waals surface area contributed by atoms with E-state index in [4.69, 9.17) is 10.5 Å². The third kappa shape index (κ3) is 3.44. The van der Waals surface area contributed by atoms with E-state index in [1.54, 1.807) is 0 Å². The maximum atomic E-state index is 6.11. The smallest absolute Gasteiger partial charge is 0.0624 e. The second kappa shape index (κ2) is 5.48. The molecule has 0 spiro atoms. The summed E-state index contributed by atoms with van der Waals surface area (Å²) in [6, 6.07) is 0.797. The summed E-state index contributed by atoms with van der Waals surface area (Å²) in [6.07, 6.45) is 1.24. The number of nitrogens with zero attached hydrogens (tertiary/aromatic N) is 1. The van der Waals surface area contributed by atoms with Crippen LogP contribution in [0, 0.1) is 11.3 Å². The van der Waals surface area contributed by atoms with E-state index in [0.29, 0.717) is 12.6 Å². The highest BCUT2D eigenvalue weighted by Crippen LogP contribution is 2.28. The zero-order valence-electron chi connectivity index (χ0n) is 11.5. The number of hydrogen-bond acceptors (Lipinski definition) is 3. The van der Waals surface area contributed by atoms with Crippen LogP contribution in [0.15, 0.2) is 0 Å². The van der Waals surface area contributed by atoms with Crippen molar-refractivity contribution in [1.82, 2.24) is 4.90 Å². The highest BCUT2D eigenvalue weighted by atomic mass is 16.5. The molecule has 3 nitrogen and oxygen atoms in total. The van der Waals surface area contributed by atoms with Crippen molar-refractivity contribution in [1.29, 1.82) is 0 Å². The van der Waals surface area contributed by atoms with Gasteiger partial charge in [-0.05, 0) is 26.3 Å². The van der Waals surface area contributed by atoms with Crippen molar-refractivity contribution in [3.63, 3.8) is 0 Å². The van der Waals surface area contributed by atoms with E-state index in [2.05, 4.69) is 39.6 Å². The van der Waals surface area contributed by atoms with Crippen molar-refractivity contribution < 1.29 is 4.74 Å². The Bertz CT molecular complexity index is 220. The lowest BCUT2D eigenvalue weighted by Crippen LogP contribution is -2.48. The number of ether oxygens (including phenoxy) is 1. The standard InChI is InChI=1S/C13H28N2O/c1-10(2)6-11(3)15(5)8-13(4)9-16-7-12(13)14/h10-12H,6-9,14H2,1-5H3. The predicted molar refractivity (Wildman–Crippen MR) is 68.4 cm³/mol.